The number of carbonyl (C=O) groups excluding carboxylic acids is 1. The second-order valence-corrected chi connectivity index (χ2v) is 2.17. The molecule has 66 valence electrons. The fourth-order valence-electron chi connectivity index (χ4n) is 0.834. The Hall–Kier alpha value is -0.610. The van der Waals surface area contributed by atoms with Crippen LogP contribution in [0.25, 0.3) is 0 Å². The van der Waals surface area contributed by atoms with Gasteiger partial charge in [-0.3, -0.25) is 4.79 Å². The van der Waals surface area contributed by atoms with Gasteiger partial charge in [0.2, 0.25) is 5.91 Å². The second-order valence-electron chi connectivity index (χ2n) is 2.17. The number of hydrogen-bond donors (Lipinski definition) is 2. The predicted octanol–water partition coefficient (Wildman–Crippen LogP) is -0.790. The van der Waals surface area contributed by atoms with Gasteiger partial charge in [-0.1, -0.05) is 0 Å². The summed E-state index contributed by atoms with van der Waals surface area (Å²) in [7, 11) is 0. The first kappa shape index (κ1) is 10.4. The van der Waals surface area contributed by atoms with Crippen LogP contribution in [0.5, 0.6) is 0 Å². The van der Waals surface area contributed by atoms with Crippen molar-refractivity contribution in [3.8, 4) is 0 Å². The molecule has 11 heavy (non-hydrogen) atoms. The number of aliphatic hydroxyl groups is 2. The molecule has 0 bridgehead atoms. The van der Waals surface area contributed by atoms with Crippen LogP contribution < -0.4 is 0 Å². The van der Waals surface area contributed by atoms with Gasteiger partial charge >= 0.3 is 0 Å². The van der Waals surface area contributed by atoms with Gasteiger partial charge in [-0.25, -0.2) is 0 Å². The van der Waals surface area contributed by atoms with Crippen molar-refractivity contribution in [1.82, 2.24) is 4.90 Å². The predicted molar refractivity (Wildman–Crippen MR) is 41.0 cm³/mol. The maximum atomic E-state index is 11.0. The van der Waals surface area contributed by atoms with Crippen LogP contribution >= 0.6 is 0 Å². The van der Waals surface area contributed by atoms with Gasteiger partial charge in [0.25, 0.3) is 0 Å². The largest absolute Gasteiger partial charge is 0.396 e. The van der Waals surface area contributed by atoms with Gasteiger partial charge in [0.05, 0.1) is 13.2 Å². The minimum Gasteiger partial charge on any atom is -0.396 e. The highest BCUT2D eigenvalue weighted by atomic mass is 16.3. The number of nitrogens with zero attached hydrogens (tertiary/aromatic N) is 1. The first-order chi connectivity index (χ1) is 5.26. The van der Waals surface area contributed by atoms with E-state index in [1.165, 1.54) is 4.90 Å². The Morgan fingerprint density at radius 1 is 1.36 bits per heavy atom. The van der Waals surface area contributed by atoms with Crippen molar-refractivity contribution in [2.75, 3.05) is 26.3 Å². The zero-order valence-corrected chi connectivity index (χ0v) is 6.79. The zero-order chi connectivity index (χ0) is 8.69. The molecule has 0 saturated carbocycles. The highest BCUT2D eigenvalue weighted by molar-refractivity contribution is 5.76. The zero-order valence-electron chi connectivity index (χ0n) is 6.79. The van der Waals surface area contributed by atoms with E-state index in [1.807, 2.05) is 6.92 Å². The first-order valence-corrected chi connectivity index (χ1v) is 3.75. The van der Waals surface area contributed by atoms with Crippen molar-refractivity contribution in [3.05, 3.63) is 0 Å². The van der Waals surface area contributed by atoms with Gasteiger partial charge in [-0.15, -0.1) is 0 Å². The summed E-state index contributed by atoms with van der Waals surface area (Å²) in [5.74, 6) is -0.107. The normalized spacial score (nSPS) is 9.73. The summed E-state index contributed by atoms with van der Waals surface area (Å²) in [5, 5.41) is 17.0. The molecule has 0 spiro atoms. The fourth-order valence-corrected chi connectivity index (χ4v) is 0.834. The van der Waals surface area contributed by atoms with Crippen LogP contribution in [0.15, 0.2) is 0 Å². The van der Waals surface area contributed by atoms with Gasteiger partial charge in [-0.2, -0.15) is 0 Å². The van der Waals surface area contributed by atoms with E-state index >= 15 is 0 Å². The van der Waals surface area contributed by atoms with Crippen LogP contribution in [0.3, 0.4) is 0 Å². The molecular formula is C7H15NO3. The quantitative estimate of drug-likeness (QED) is 0.555. The van der Waals surface area contributed by atoms with E-state index in [2.05, 4.69) is 0 Å². The Bertz CT molecular complexity index is 116. The lowest BCUT2D eigenvalue weighted by Gasteiger charge is -2.18. The van der Waals surface area contributed by atoms with Crippen molar-refractivity contribution < 1.29 is 15.0 Å². The maximum Gasteiger partial charge on any atom is 0.224 e. The minimum atomic E-state index is -0.124. The molecule has 0 rings (SSSR count). The average Bonchev–Trinajstić information content (AvgIpc) is 2.00. The van der Waals surface area contributed by atoms with Crippen LogP contribution in [0, 0.1) is 0 Å². The Labute approximate surface area is 66.4 Å². The lowest BCUT2D eigenvalue weighted by atomic mass is 10.3. The Morgan fingerprint density at radius 3 is 2.36 bits per heavy atom. The maximum absolute atomic E-state index is 11.0. The minimum absolute atomic E-state index is 0.0228. The number of likely N-dealkylation sites (N-methyl/N-ethyl adjacent to an activating group) is 1. The third-order valence-corrected chi connectivity index (χ3v) is 1.43. The molecule has 0 heterocycles. The molecule has 1 amide bonds. The SMILES string of the molecule is CCN(CCO)C(=O)CCO. The third-order valence-electron chi connectivity index (χ3n) is 1.43. The molecule has 0 saturated heterocycles. The molecule has 0 aliphatic carbocycles. The van der Waals surface area contributed by atoms with E-state index < -0.39 is 0 Å². The van der Waals surface area contributed by atoms with Crippen LogP contribution in [-0.4, -0.2) is 47.3 Å². The lowest BCUT2D eigenvalue weighted by Crippen LogP contribution is -2.33. The molecule has 0 aromatic rings. The number of aliphatic hydroxyl groups excluding tert-OH is 2. The van der Waals surface area contributed by atoms with Crippen molar-refractivity contribution in [1.29, 1.82) is 0 Å². The molecule has 0 fully saturated rings. The highest BCUT2D eigenvalue weighted by Crippen LogP contribution is 1.92. The number of amides is 1. The molecule has 0 aliphatic rings. The average molecular weight is 161 g/mol. The van der Waals surface area contributed by atoms with E-state index in [0.29, 0.717) is 13.1 Å². The molecule has 0 aromatic carbocycles. The van der Waals surface area contributed by atoms with Crippen LogP contribution in [0.1, 0.15) is 13.3 Å². The molecule has 2 N–H and O–H groups in total. The molecule has 0 unspecified atom stereocenters. The summed E-state index contributed by atoms with van der Waals surface area (Å²) in [6, 6.07) is 0. The van der Waals surface area contributed by atoms with Crippen LogP contribution in [0.4, 0.5) is 0 Å². The van der Waals surface area contributed by atoms with Gasteiger partial charge in [-0.05, 0) is 6.92 Å². The van der Waals surface area contributed by atoms with E-state index in [9.17, 15) is 4.79 Å². The molecule has 4 nitrogen and oxygen atoms in total. The summed E-state index contributed by atoms with van der Waals surface area (Å²) < 4.78 is 0. The van der Waals surface area contributed by atoms with Gasteiger partial charge in [0.1, 0.15) is 0 Å². The topological polar surface area (TPSA) is 60.8 Å². The van der Waals surface area contributed by atoms with Crippen molar-refractivity contribution in [3.63, 3.8) is 0 Å². The molecule has 4 heteroatoms. The lowest BCUT2D eigenvalue weighted by molar-refractivity contribution is -0.132. The van der Waals surface area contributed by atoms with Gasteiger partial charge < -0.3 is 15.1 Å². The Kier molecular flexibility index (Phi) is 5.78. The van der Waals surface area contributed by atoms with Crippen molar-refractivity contribution in [2.45, 2.75) is 13.3 Å². The standard InChI is InChI=1S/C7H15NO3/c1-2-8(4-6-10)7(11)3-5-9/h9-10H,2-6H2,1H3. The molecule has 0 aromatic heterocycles. The molecule has 0 radical (unpaired) electrons. The van der Waals surface area contributed by atoms with Gasteiger partial charge in [0.15, 0.2) is 0 Å². The van der Waals surface area contributed by atoms with E-state index in [1.54, 1.807) is 0 Å². The number of carbonyl (C=O) groups is 1. The molecule has 0 aliphatic heterocycles. The summed E-state index contributed by atoms with van der Waals surface area (Å²) in [5.41, 5.74) is 0. The number of hydrogen-bond acceptors (Lipinski definition) is 3. The third kappa shape index (κ3) is 3.95. The summed E-state index contributed by atoms with van der Waals surface area (Å²) >= 11 is 0. The van der Waals surface area contributed by atoms with E-state index in [0.717, 1.165) is 0 Å². The second kappa shape index (κ2) is 6.12. The van der Waals surface area contributed by atoms with Crippen LogP contribution in [-0.2, 0) is 4.79 Å². The van der Waals surface area contributed by atoms with E-state index in [-0.39, 0.29) is 25.5 Å². The first-order valence-electron chi connectivity index (χ1n) is 3.75. The Morgan fingerprint density at radius 2 is 2.00 bits per heavy atom. The van der Waals surface area contributed by atoms with Crippen molar-refractivity contribution in [2.24, 2.45) is 0 Å². The monoisotopic (exact) mass is 161 g/mol. The van der Waals surface area contributed by atoms with Crippen LogP contribution in [0.2, 0.25) is 0 Å². The molecular weight excluding hydrogens is 146 g/mol. The van der Waals surface area contributed by atoms with E-state index in [4.69, 9.17) is 10.2 Å². The van der Waals surface area contributed by atoms with Gasteiger partial charge in [0, 0.05) is 19.5 Å². The summed E-state index contributed by atoms with van der Waals surface area (Å²) in [6.07, 6.45) is 0.147. The summed E-state index contributed by atoms with van der Waals surface area (Å²) in [4.78, 5) is 12.5. The number of rotatable bonds is 5. The fraction of sp³-hybridized carbons (Fsp3) is 0.857. The molecule has 0 atom stereocenters. The summed E-state index contributed by atoms with van der Waals surface area (Å²) in [6.45, 7) is 2.63. The highest BCUT2D eigenvalue weighted by Gasteiger charge is 2.08. The Balaban J connectivity index is 3.71. The van der Waals surface area contributed by atoms with Crippen molar-refractivity contribution >= 4 is 5.91 Å². The smallest absolute Gasteiger partial charge is 0.224 e.